The third kappa shape index (κ3) is 4.63. The fraction of sp³-hybridized carbons (Fsp3) is 0.333. The third-order valence-corrected chi connectivity index (χ3v) is 4.67. The maximum atomic E-state index is 12.6. The second kappa shape index (κ2) is 8.52. The molecule has 0 spiro atoms. The van der Waals surface area contributed by atoms with Gasteiger partial charge in [-0.15, -0.1) is 0 Å². The maximum Gasteiger partial charge on any atom is 0.244 e. The molecule has 0 radical (unpaired) electrons. The zero-order valence-corrected chi connectivity index (χ0v) is 15.1. The van der Waals surface area contributed by atoms with Crippen molar-refractivity contribution in [3.05, 3.63) is 66.2 Å². The molecule has 1 aliphatic heterocycles. The predicted molar refractivity (Wildman–Crippen MR) is 103 cm³/mol. The molecule has 136 valence electrons. The normalized spacial score (nSPS) is 15.4. The molecule has 5 heteroatoms. The fourth-order valence-corrected chi connectivity index (χ4v) is 3.23. The van der Waals surface area contributed by atoms with Gasteiger partial charge in [0.05, 0.1) is 6.42 Å². The minimum atomic E-state index is -0.505. The van der Waals surface area contributed by atoms with Gasteiger partial charge < -0.3 is 15.1 Å². The molecule has 26 heavy (non-hydrogen) atoms. The van der Waals surface area contributed by atoms with Gasteiger partial charge in [-0.05, 0) is 24.6 Å². The van der Waals surface area contributed by atoms with Crippen LogP contribution in [-0.2, 0) is 16.0 Å². The van der Waals surface area contributed by atoms with Crippen molar-refractivity contribution in [3.63, 3.8) is 0 Å². The lowest BCUT2D eigenvalue weighted by Gasteiger charge is -2.37. The second-order valence-corrected chi connectivity index (χ2v) is 6.60. The van der Waals surface area contributed by atoms with Crippen LogP contribution in [0.2, 0.25) is 0 Å². The number of carbonyl (C=O) groups excluding carboxylic acids is 2. The summed E-state index contributed by atoms with van der Waals surface area (Å²) < 4.78 is 0. The Morgan fingerprint density at radius 2 is 1.50 bits per heavy atom. The van der Waals surface area contributed by atoms with Crippen LogP contribution in [0, 0.1) is 0 Å². The van der Waals surface area contributed by atoms with Crippen molar-refractivity contribution in [3.8, 4) is 0 Å². The number of benzene rings is 2. The van der Waals surface area contributed by atoms with Gasteiger partial charge in [-0.3, -0.25) is 9.59 Å². The van der Waals surface area contributed by atoms with Gasteiger partial charge >= 0.3 is 0 Å². The quantitative estimate of drug-likeness (QED) is 0.897. The lowest BCUT2D eigenvalue weighted by molar-refractivity contribution is -0.136. The number of para-hydroxylation sites is 1. The molecule has 1 saturated heterocycles. The van der Waals surface area contributed by atoms with Gasteiger partial charge in [-0.2, -0.15) is 0 Å². The van der Waals surface area contributed by atoms with Gasteiger partial charge in [-0.1, -0.05) is 48.5 Å². The van der Waals surface area contributed by atoms with Gasteiger partial charge in [-0.25, -0.2) is 0 Å². The number of nitrogens with zero attached hydrogens (tertiary/aromatic N) is 2. The molecule has 3 rings (SSSR count). The van der Waals surface area contributed by atoms with Gasteiger partial charge in [0.25, 0.3) is 0 Å². The summed E-state index contributed by atoms with van der Waals surface area (Å²) in [5.41, 5.74) is 2.13. The topological polar surface area (TPSA) is 52.7 Å². The summed E-state index contributed by atoms with van der Waals surface area (Å²) in [6.45, 7) is 4.72. The monoisotopic (exact) mass is 351 g/mol. The Morgan fingerprint density at radius 3 is 2.12 bits per heavy atom. The molecule has 0 aromatic heterocycles. The molecule has 1 fully saturated rings. The van der Waals surface area contributed by atoms with E-state index >= 15 is 0 Å². The van der Waals surface area contributed by atoms with Crippen molar-refractivity contribution in [2.24, 2.45) is 0 Å². The van der Waals surface area contributed by atoms with Crippen molar-refractivity contribution >= 4 is 17.5 Å². The van der Waals surface area contributed by atoms with E-state index in [2.05, 4.69) is 22.3 Å². The number of piperazine rings is 1. The molecule has 1 aliphatic rings. The van der Waals surface area contributed by atoms with Crippen molar-refractivity contribution in [1.82, 2.24) is 10.2 Å². The van der Waals surface area contributed by atoms with Gasteiger partial charge in [0.2, 0.25) is 11.8 Å². The number of hydrogen-bond acceptors (Lipinski definition) is 3. The zero-order valence-electron chi connectivity index (χ0n) is 15.1. The van der Waals surface area contributed by atoms with Crippen molar-refractivity contribution in [2.45, 2.75) is 19.4 Å². The average Bonchev–Trinajstić information content (AvgIpc) is 2.69. The summed E-state index contributed by atoms with van der Waals surface area (Å²) in [7, 11) is 0. The standard InChI is InChI=1S/C21H25N3O2/c1-17(22-20(25)16-18-8-4-2-5-9-18)21(26)24-14-12-23(13-15-24)19-10-6-3-7-11-19/h2-11,17H,12-16H2,1H3,(H,22,25)/t17-/m0/s1. The first-order valence-corrected chi connectivity index (χ1v) is 9.05. The Morgan fingerprint density at radius 1 is 0.923 bits per heavy atom. The van der Waals surface area contributed by atoms with Crippen LogP contribution in [0.15, 0.2) is 60.7 Å². The lowest BCUT2D eigenvalue weighted by atomic mass is 10.1. The van der Waals surface area contributed by atoms with E-state index in [0.29, 0.717) is 19.5 Å². The Kier molecular flexibility index (Phi) is 5.89. The summed E-state index contributed by atoms with van der Waals surface area (Å²) in [5.74, 6) is -0.140. The summed E-state index contributed by atoms with van der Waals surface area (Å²) in [6, 6.07) is 19.3. The highest BCUT2D eigenvalue weighted by atomic mass is 16.2. The summed E-state index contributed by atoms with van der Waals surface area (Å²) in [6.07, 6.45) is 0.292. The van der Waals surface area contributed by atoms with Crippen LogP contribution in [0.3, 0.4) is 0 Å². The average molecular weight is 351 g/mol. The maximum absolute atomic E-state index is 12.6. The van der Waals surface area contributed by atoms with Gasteiger partial charge in [0, 0.05) is 31.9 Å². The Bertz CT molecular complexity index is 725. The van der Waals surface area contributed by atoms with Crippen molar-refractivity contribution in [2.75, 3.05) is 31.1 Å². The molecule has 0 aliphatic carbocycles. The van der Waals surface area contributed by atoms with E-state index in [1.807, 2.05) is 53.4 Å². The van der Waals surface area contributed by atoms with Gasteiger partial charge in [0.15, 0.2) is 0 Å². The molecule has 0 bridgehead atoms. The molecule has 2 aromatic rings. The van der Waals surface area contributed by atoms with Crippen LogP contribution >= 0.6 is 0 Å². The van der Waals surface area contributed by atoms with Crippen molar-refractivity contribution in [1.29, 1.82) is 0 Å². The van der Waals surface area contributed by atoms with E-state index in [9.17, 15) is 9.59 Å². The molecule has 2 amide bonds. The smallest absolute Gasteiger partial charge is 0.244 e. The molecule has 1 N–H and O–H groups in total. The van der Waals surface area contributed by atoms with Crippen LogP contribution in [0.25, 0.3) is 0 Å². The molecule has 5 nitrogen and oxygen atoms in total. The number of nitrogens with one attached hydrogen (secondary N) is 1. The van der Waals surface area contributed by atoms with E-state index in [1.165, 1.54) is 5.69 Å². The number of hydrogen-bond donors (Lipinski definition) is 1. The molecule has 0 saturated carbocycles. The van der Waals surface area contributed by atoms with E-state index in [0.717, 1.165) is 18.7 Å². The Balaban J connectivity index is 1.47. The summed E-state index contributed by atoms with van der Waals surface area (Å²) >= 11 is 0. The highest BCUT2D eigenvalue weighted by Gasteiger charge is 2.25. The SMILES string of the molecule is C[C@H](NC(=O)Cc1ccccc1)C(=O)N1CCN(c2ccccc2)CC1. The predicted octanol–water partition coefficient (Wildman–Crippen LogP) is 2.08. The molecule has 1 atom stereocenters. The van der Waals surface area contributed by atoms with E-state index in [4.69, 9.17) is 0 Å². The third-order valence-electron chi connectivity index (χ3n) is 4.67. The molecular weight excluding hydrogens is 326 g/mol. The van der Waals surface area contributed by atoms with Gasteiger partial charge in [0.1, 0.15) is 6.04 Å². The zero-order chi connectivity index (χ0) is 18.4. The largest absolute Gasteiger partial charge is 0.368 e. The Labute approximate surface area is 154 Å². The van der Waals surface area contributed by atoms with Crippen LogP contribution in [0.1, 0.15) is 12.5 Å². The van der Waals surface area contributed by atoms with E-state index in [1.54, 1.807) is 6.92 Å². The van der Waals surface area contributed by atoms with Crippen LogP contribution < -0.4 is 10.2 Å². The van der Waals surface area contributed by atoms with Crippen LogP contribution in [0.5, 0.6) is 0 Å². The van der Waals surface area contributed by atoms with Crippen LogP contribution in [0.4, 0.5) is 5.69 Å². The highest BCUT2D eigenvalue weighted by molar-refractivity contribution is 5.88. The number of amides is 2. The summed E-state index contributed by atoms with van der Waals surface area (Å²) in [5, 5.41) is 2.82. The highest BCUT2D eigenvalue weighted by Crippen LogP contribution is 2.15. The number of carbonyl (C=O) groups is 2. The van der Waals surface area contributed by atoms with E-state index in [-0.39, 0.29) is 11.8 Å². The minimum absolute atomic E-state index is 0.0147. The number of anilines is 1. The van der Waals surface area contributed by atoms with Crippen molar-refractivity contribution < 1.29 is 9.59 Å². The number of rotatable bonds is 5. The minimum Gasteiger partial charge on any atom is -0.368 e. The Hall–Kier alpha value is -2.82. The first-order chi connectivity index (χ1) is 12.6. The lowest BCUT2D eigenvalue weighted by Crippen LogP contribution is -2.54. The molecule has 0 unspecified atom stereocenters. The first kappa shape index (κ1) is 18.0. The molecular formula is C21H25N3O2. The summed E-state index contributed by atoms with van der Waals surface area (Å²) in [4.78, 5) is 28.9. The first-order valence-electron chi connectivity index (χ1n) is 9.05. The van der Waals surface area contributed by atoms with E-state index < -0.39 is 6.04 Å². The fourth-order valence-electron chi connectivity index (χ4n) is 3.23. The van der Waals surface area contributed by atoms with Crippen LogP contribution in [-0.4, -0.2) is 48.9 Å². The second-order valence-electron chi connectivity index (χ2n) is 6.60. The molecule has 1 heterocycles. The molecule has 2 aromatic carbocycles.